The van der Waals surface area contributed by atoms with E-state index in [1.165, 1.54) is 5.06 Å². The predicted molar refractivity (Wildman–Crippen MR) is 51.4 cm³/mol. The molecule has 1 fully saturated rings. The third kappa shape index (κ3) is 1.95. The van der Waals surface area contributed by atoms with Gasteiger partial charge in [0.25, 0.3) is 5.91 Å². The standard InChI is InChI=1S/C10H17NO3/c1-9(2,3)11-8(13)6-7(12)10(4,5)14-11/h6H2,1-5H3. The van der Waals surface area contributed by atoms with Gasteiger partial charge in [0, 0.05) is 0 Å². The largest absolute Gasteiger partial charge is 0.296 e. The summed E-state index contributed by atoms with van der Waals surface area (Å²) in [7, 11) is 0. The first-order valence-electron chi connectivity index (χ1n) is 4.70. The Morgan fingerprint density at radius 3 is 2.21 bits per heavy atom. The number of Topliss-reactive ketones (excluding diaryl/α,β-unsaturated/α-hetero) is 1. The van der Waals surface area contributed by atoms with E-state index in [1.54, 1.807) is 13.8 Å². The molecule has 4 nitrogen and oxygen atoms in total. The number of carbonyl (C=O) groups is 2. The fraction of sp³-hybridized carbons (Fsp3) is 0.800. The Morgan fingerprint density at radius 1 is 1.29 bits per heavy atom. The van der Waals surface area contributed by atoms with E-state index in [1.807, 2.05) is 20.8 Å². The van der Waals surface area contributed by atoms with Gasteiger partial charge in [0.1, 0.15) is 5.60 Å². The van der Waals surface area contributed by atoms with Crippen LogP contribution < -0.4 is 0 Å². The molecule has 0 N–H and O–H groups in total. The van der Waals surface area contributed by atoms with Gasteiger partial charge in [0.05, 0.1) is 12.0 Å². The van der Waals surface area contributed by atoms with E-state index >= 15 is 0 Å². The molecule has 0 atom stereocenters. The van der Waals surface area contributed by atoms with Crippen molar-refractivity contribution < 1.29 is 14.4 Å². The summed E-state index contributed by atoms with van der Waals surface area (Å²) < 4.78 is 0. The Morgan fingerprint density at radius 2 is 1.79 bits per heavy atom. The lowest BCUT2D eigenvalue weighted by Gasteiger charge is -2.42. The molecule has 0 spiro atoms. The first-order chi connectivity index (χ1) is 6.14. The van der Waals surface area contributed by atoms with Crippen molar-refractivity contribution >= 4 is 11.7 Å². The van der Waals surface area contributed by atoms with Crippen LogP contribution in [0.4, 0.5) is 0 Å². The van der Waals surface area contributed by atoms with Crippen molar-refractivity contribution in [2.45, 2.75) is 52.2 Å². The van der Waals surface area contributed by atoms with E-state index in [0.717, 1.165) is 0 Å². The smallest absolute Gasteiger partial charge is 0.254 e. The van der Waals surface area contributed by atoms with Gasteiger partial charge in [0.2, 0.25) is 0 Å². The quantitative estimate of drug-likeness (QED) is 0.552. The summed E-state index contributed by atoms with van der Waals surface area (Å²) in [5, 5.41) is 1.30. The fourth-order valence-electron chi connectivity index (χ4n) is 1.26. The summed E-state index contributed by atoms with van der Waals surface area (Å²) in [5.41, 5.74) is -1.30. The molecule has 1 heterocycles. The summed E-state index contributed by atoms with van der Waals surface area (Å²) in [6.45, 7) is 8.98. The van der Waals surface area contributed by atoms with Crippen LogP contribution in [-0.2, 0) is 14.4 Å². The SMILES string of the molecule is CC1(C)ON(C(C)(C)C)C(=O)CC1=O. The van der Waals surface area contributed by atoms with Crippen LogP contribution in [0.2, 0.25) is 0 Å². The first-order valence-corrected chi connectivity index (χ1v) is 4.70. The molecule has 0 aromatic heterocycles. The highest BCUT2D eigenvalue weighted by molar-refractivity contribution is 6.03. The van der Waals surface area contributed by atoms with Gasteiger partial charge >= 0.3 is 0 Å². The molecule has 0 saturated carbocycles. The molecule has 1 saturated heterocycles. The Hall–Kier alpha value is -0.900. The van der Waals surface area contributed by atoms with Gasteiger partial charge in [-0.3, -0.25) is 14.4 Å². The van der Waals surface area contributed by atoms with E-state index in [0.29, 0.717) is 0 Å². The second kappa shape index (κ2) is 3.05. The number of amides is 1. The topological polar surface area (TPSA) is 46.6 Å². The molecule has 1 rings (SSSR count). The number of hydrogen-bond donors (Lipinski definition) is 0. The molecule has 4 heteroatoms. The first kappa shape index (κ1) is 11.2. The van der Waals surface area contributed by atoms with Crippen LogP contribution in [-0.4, -0.2) is 27.9 Å². The molecule has 1 aliphatic heterocycles. The summed E-state index contributed by atoms with van der Waals surface area (Å²) >= 11 is 0. The van der Waals surface area contributed by atoms with Crippen molar-refractivity contribution in [2.24, 2.45) is 0 Å². The summed E-state index contributed by atoms with van der Waals surface area (Å²) in [6, 6.07) is 0. The molecule has 0 aromatic rings. The molecular formula is C10H17NO3. The Labute approximate surface area is 84.2 Å². The van der Waals surface area contributed by atoms with Gasteiger partial charge in [-0.05, 0) is 34.6 Å². The van der Waals surface area contributed by atoms with Crippen molar-refractivity contribution in [3.05, 3.63) is 0 Å². The van der Waals surface area contributed by atoms with Gasteiger partial charge in [-0.25, -0.2) is 5.06 Å². The summed E-state index contributed by atoms with van der Waals surface area (Å²) in [4.78, 5) is 28.3. The monoisotopic (exact) mass is 199 g/mol. The van der Waals surface area contributed by atoms with Crippen molar-refractivity contribution in [1.29, 1.82) is 0 Å². The Kier molecular flexibility index (Phi) is 2.44. The lowest BCUT2D eigenvalue weighted by molar-refractivity contribution is -0.265. The number of hydroxylamine groups is 2. The van der Waals surface area contributed by atoms with Gasteiger partial charge in [0.15, 0.2) is 5.78 Å². The number of rotatable bonds is 0. The maximum Gasteiger partial charge on any atom is 0.254 e. The van der Waals surface area contributed by atoms with Gasteiger partial charge in [-0.1, -0.05) is 0 Å². The molecule has 0 unspecified atom stereocenters. The highest BCUT2D eigenvalue weighted by atomic mass is 16.7. The average molecular weight is 199 g/mol. The van der Waals surface area contributed by atoms with E-state index in [-0.39, 0.29) is 18.1 Å². The van der Waals surface area contributed by atoms with Gasteiger partial charge < -0.3 is 0 Å². The number of ketones is 1. The zero-order valence-corrected chi connectivity index (χ0v) is 9.38. The number of hydrogen-bond acceptors (Lipinski definition) is 3. The molecule has 0 radical (unpaired) electrons. The molecule has 0 aliphatic carbocycles. The van der Waals surface area contributed by atoms with E-state index in [9.17, 15) is 9.59 Å². The zero-order chi connectivity index (χ0) is 11.1. The molecule has 1 amide bonds. The molecule has 0 bridgehead atoms. The minimum atomic E-state index is -0.888. The van der Waals surface area contributed by atoms with Crippen LogP contribution in [0.1, 0.15) is 41.0 Å². The maximum atomic E-state index is 11.5. The Balaban J connectivity index is 2.92. The van der Waals surface area contributed by atoms with Gasteiger partial charge in [-0.2, -0.15) is 0 Å². The second-order valence-electron chi connectivity index (χ2n) is 5.06. The third-order valence-electron chi connectivity index (χ3n) is 2.14. The lowest BCUT2D eigenvalue weighted by atomic mass is 9.97. The van der Waals surface area contributed by atoms with Gasteiger partial charge in [-0.15, -0.1) is 0 Å². The van der Waals surface area contributed by atoms with Crippen molar-refractivity contribution in [3.63, 3.8) is 0 Å². The van der Waals surface area contributed by atoms with Crippen LogP contribution >= 0.6 is 0 Å². The summed E-state index contributed by atoms with van der Waals surface area (Å²) in [6.07, 6.45) is -0.0652. The molecule has 1 aliphatic rings. The minimum Gasteiger partial charge on any atom is -0.296 e. The average Bonchev–Trinajstić information content (AvgIpc) is 1.95. The Bertz CT molecular complexity index is 276. The lowest BCUT2D eigenvalue weighted by Crippen LogP contribution is -2.57. The van der Waals surface area contributed by atoms with Crippen LogP contribution in [0, 0.1) is 0 Å². The minimum absolute atomic E-state index is 0.0652. The van der Waals surface area contributed by atoms with Crippen LogP contribution in [0.15, 0.2) is 0 Å². The maximum absolute atomic E-state index is 11.5. The highest BCUT2D eigenvalue weighted by Crippen LogP contribution is 2.27. The number of carbonyl (C=O) groups excluding carboxylic acids is 2. The molecule has 80 valence electrons. The third-order valence-corrected chi connectivity index (χ3v) is 2.14. The van der Waals surface area contributed by atoms with E-state index in [2.05, 4.69) is 0 Å². The van der Waals surface area contributed by atoms with Crippen molar-refractivity contribution in [3.8, 4) is 0 Å². The van der Waals surface area contributed by atoms with Crippen LogP contribution in [0.3, 0.4) is 0 Å². The van der Waals surface area contributed by atoms with Crippen molar-refractivity contribution in [2.75, 3.05) is 0 Å². The zero-order valence-electron chi connectivity index (χ0n) is 9.38. The summed E-state index contributed by atoms with van der Waals surface area (Å²) in [5.74, 6) is -0.426. The highest BCUT2D eigenvalue weighted by Gasteiger charge is 2.43. The predicted octanol–water partition coefficient (Wildman–Crippen LogP) is 1.30. The van der Waals surface area contributed by atoms with Crippen molar-refractivity contribution in [1.82, 2.24) is 5.06 Å². The van der Waals surface area contributed by atoms with Crippen LogP contribution in [0.25, 0.3) is 0 Å². The van der Waals surface area contributed by atoms with E-state index in [4.69, 9.17) is 4.84 Å². The molecule has 0 aromatic carbocycles. The van der Waals surface area contributed by atoms with Crippen LogP contribution in [0.5, 0.6) is 0 Å². The second-order valence-corrected chi connectivity index (χ2v) is 5.06. The molecule has 14 heavy (non-hydrogen) atoms. The normalized spacial score (nSPS) is 22.8. The number of nitrogens with zero attached hydrogens (tertiary/aromatic N) is 1. The fourth-order valence-corrected chi connectivity index (χ4v) is 1.26. The molecular weight excluding hydrogens is 182 g/mol. The van der Waals surface area contributed by atoms with E-state index < -0.39 is 11.1 Å².